The van der Waals surface area contributed by atoms with Gasteiger partial charge in [-0.05, 0) is 24.8 Å². The molecule has 2 rings (SSSR count). The summed E-state index contributed by atoms with van der Waals surface area (Å²) in [6, 6.07) is 9.86. The number of rotatable bonds is 5. The van der Waals surface area contributed by atoms with E-state index < -0.39 is 0 Å². The number of hydrogen-bond donors (Lipinski definition) is 1. The van der Waals surface area contributed by atoms with E-state index in [4.69, 9.17) is 9.84 Å². The quantitative estimate of drug-likeness (QED) is 0.870. The summed E-state index contributed by atoms with van der Waals surface area (Å²) >= 11 is 0. The minimum absolute atomic E-state index is 0.0169. The molecule has 0 atom stereocenters. The van der Waals surface area contributed by atoms with Crippen LogP contribution in [0.3, 0.4) is 0 Å². The first-order chi connectivity index (χ1) is 8.81. The zero-order chi connectivity index (χ0) is 12.8. The fraction of sp³-hybridized carbons (Fsp3) is 0.500. The molecule has 1 saturated carbocycles. The van der Waals surface area contributed by atoms with Crippen LogP contribution in [-0.2, 0) is 11.3 Å². The lowest BCUT2D eigenvalue weighted by molar-refractivity contribution is 0.0534. The SMILES string of the molecule is O=C(OCc1ccccc1)N(CCO)C1CCC1. The van der Waals surface area contributed by atoms with E-state index in [1.807, 2.05) is 30.3 Å². The second-order valence-corrected chi connectivity index (χ2v) is 4.54. The molecular formula is C14H19NO3. The number of hydrogen-bond acceptors (Lipinski definition) is 3. The van der Waals surface area contributed by atoms with Gasteiger partial charge in [0.05, 0.1) is 6.61 Å². The van der Waals surface area contributed by atoms with Crippen LogP contribution < -0.4 is 0 Å². The lowest BCUT2D eigenvalue weighted by atomic mass is 9.92. The molecule has 0 spiro atoms. The summed E-state index contributed by atoms with van der Waals surface area (Å²) in [7, 11) is 0. The summed E-state index contributed by atoms with van der Waals surface area (Å²) in [5, 5.41) is 8.99. The van der Waals surface area contributed by atoms with E-state index in [0.29, 0.717) is 6.54 Å². The minimum Gasteiger partial charge on any atom is -0.445 e. The van der Waals surface area contributed by atoms with Crippen LogP contribution in [0.25, 0.3) is 0 Å². The molecule has 1 aromatic rings. The Morgan fingerprint density at radius 1 is 1.33 bits per heavy atom. The third-order valence-corrected chi connectivity index (χ3v) is 3.30. The van der Waals surface area contributed by atoms with Crippen molar-refractivity contribution in [2.75, 3.05) is 13.2 Å². The zero-order valence-corrected chi connectivity index (χ0v) is 10.4. The third kappa shape index (κ3) is 3.23. The van der Waals surface area contributed by atoms with Crippen LogP contribution >= 0.6 is 0 Å². The topological polar surface area (TPSA) is 49.8 Å². The molecular weight excluding hydrogens is 230 g/mol. The molecule has 1 aliphatic carbocycles. The van der Waals surface area contributed by atoms with Gasteiger partial charge in [-0.15, -0.1) is 0 Å². The van der Waals surface area contributed by atoms with Gasteiger partial charge in [0.2, 0.25) is 0 Å². The third-order valence-electron chi connectivity index (χ3n) is 3.30. The molecule has 4 nitrogen and oxygen atoms in total. The van der Waals surface area contributed by atoms with Crippen molar-refractivity contribution in [2.24, 2.45) is 0 Å². The van der Waals surface area contributed by atoms with E-state index in [9.17, 15) is 4.79 Å². The number of amides is 1. The second kappa shape index (κ2) is 6.40. The van der Waals surface area contributed by atoms with Crippen molar-refractivity contribution in [1.82, 2.24) is 4.90 Å². The van der Waals surface area contributed by atoms with E-state index in [0.717, 1.165) is 24.8 Å². The molecule has 1 amide bonds. The first-order valence-corrected chi connectivity index (χ1v) is 6.39. The highest BCUT2D eigenvalue weighted by atomic mass is 16.6. The zero-order valence-electron chi connectivity index (χ0n) is 10.4. The first-order valence-electron chi connectivity index (χ1n) is 6.39. The summed E-state index contributed by atoms with van der Waals surface area (Å²) in [6.45, 7) is 0.629. The highest BCUT2D eigenvalue weighted by molar-refractivity contribution is 5.68. The van der Waals surface area contributed by atoms with Crippen LogP contribution in [0.5, 0.6) is 0 Å². The normalized spacial score (nSPS) is 14.9. The number of carbonyl (C=O) groups is 1. The van der Waals surface area contributed by atoms with Gasteiger partial charge in [-0.1, -0.05) is 30.3 Å². The van der Waals surface area contributed by atoms with Gasteiger partial charge in [0.1, 0.15) is 6.61 Å². The molecule has 0 aliphatic heterocycles. The van der Waals surface area contributed by atoms with Crippen molar-refractivity contribution >= 4 is 6.09 Å². The predicted octanol–water partition coefficient (Wildman–Crippen LogP) is 2.17. The number of aliphatic hydroxyl groups is 1. The van der Waals surface area contributed by atoms with Crippen LogP contribution in [0.2, 0.25) is 0 Å². The summed E-state index contributed by atoms with van der Waals surface area (Å²) in [4.78, 5) is 13.6. The van der Waals surface area contributed by atoms with Gasteiger partial charge < -0.3 is 14.7 Å². The maximum atomic E-state index is 11.9. The van der Waals surface area contributed by atoms with Crippen molar-refractivity contribution in [1.29, 1.82) is 0 Å². The first kappa shape index (κ1) is 12.9. The Kier molecular flexibility index (Phi) is 4.59. The molecule has 1 N–H and O–H groups in total. The summed E-state index contributed by atoms with van der Waals surface area (Å²) in [5.41, 5.74) is 0.975. The number of aliphatic hydroxyl groups excluding tert-OH is 1. The maximum Gasteiger partial charge on any atom is 0.410 e. The predicted molar refractivity (Wildman–Crippen MR) is 68.1 cm³/mol. The second-order valence-electron chi connectivity index (χ2n) is 4.54. The highest BCUT2D eigenvalue weighted by Gasteiger charge is 2.29. The van der Waals surface area contributed by atoms with Gasteiger partial charge in [0.15, 0.2) is 0 Å². The van der Waals surface area contributed by atoms with Gasteiger partial charge in [-0.2, -0.15) is 0 Å². The van der Waals surface area contributed by atoms with Gasteiger partial charge >= 0.3 is 6.09 Å². The highest BCUT2D eigenvalue weighted by Crippen LogP contribution is 2.25. The number of carbonyl (C=O) groups excluding carboxylic acids is 1. The van der Waals surface area contributed by atoms with E-state index in [1.165, 1.54) is 0 Å². The molecule has 0 aromatic heterocycles. The molecule has 1 fully saturated rings. The smallest absolute Gasteiger partial charge is 0.410 e. The van der Waals surface area contributed by atoms with Crippen molar-refractivity contribution < 1.29 is 14.6 Å². The summed E-state index contributed by atoms with van der Waals surface area (Å²) in [5.74, 6) is 0. The fourth-order valence-corrected chi connectivity index (χ4v) is 2.03. The van der Waals surface area contributed by atoms with Gasteiger partial charge in [0.25, 0.3) is 0 Å². The van der Waals surface area contributed by atoms with E-state index in [1.54, 1.807) is 4.90 Å². The van der Waals surface area contributed by atoms with E-state index >= 15 is 0 Å². The van der Waals surface area contributed by atoms with Crippen molar-refractivity contribution in [3.63, 3.8) is 0 Å². The van der Waals surface area contributed by atoms with E-state index in [2.05, 4.69) is 0 Å². The summed E-state index contributed by atoms with van der Waals surface area (Å²) in [6.07, 6.45) is 2.86. The van der Waals surface area contributed by atoms with Gasteiger partial charge in [-0.25, -0.2) is 4.79 Å². The van der Waals surface area contributed by atoms with Gasteiger partial charge in [-0.3, -0.25) is 0 Å². The van der Waals surface area contributed by atoms with Crippen LogP contribution in [0.15, 0.2) is 30.3 Å². The molecule has 18 heavy (non-hydrogen) atoms. The molecule has 0 unspecified atom stereocenters. The lowest BCUT2D eigenvalue weighted by Gasteiger charge is -2.36. The Bertz CT molecular complexity index is 376. The average molecular weight is 249 g/mol. The largest absolute Gasteiger partial charge is 0.445 e. The minimum atomic E-state index is -0.322. The van der Waals surface area contributed by atoms with Crippen molar-refractivity contribution in [2.45, 2.75) is 31.9 Å². The monoisotopic (exact) mass is 249 g/mol. The Hall–Kier alpha value is -1.55. The molecule has 4 heteroatoms. The Labute approximate surface area is 107 Å². The molecule has 0 bridgehead atoms. The van der Waals surface area contributed by atoms with Gasteiger partial charge in [0, 0.05) is 12.6 Å². The Morgan fingerprint density at radius 3 is 2.61 bits per heavy atom. The molecule has 1 aromatic carbocycles. The van der Waals surface area contributed by atoms with Crippen LogP contribution in [-0.4, -0.2) is 35.3 Å². The van der Waals surface area contributed by atoms with Crippen molar-refractivity contribution in [3.05, 3.63) is 35.9 Å². The Morgan fingerprint density at radius 2 is 2.06 bits per heavy atom. The standard InChI is InChI=1S/C14H19NO3/c16-10-9-15(13-7-4-8-13)14(17)18-11-12-5-2-1-3-6-12/h1-3,5-6,13,16H,4,7-11H2. The average Bonchev–Trinajstić information content (AvgIpc) is 2.34. The van der Waals surface area contributed by atoms with Crippen LogP contribution in [0.4, 0.5) is 4.79 Å². The molecule has 1 aliphatic rings. The molecule has 0 saturated heterocycles. The lowest BCUT2D eigenvalue weighted by Crippen LogP contribution is -2.45. The molecule has 0 heterocycles. The van der Waals surface area contributed by atoms with Crippen LogP contribution in [0, 0.1) is 0 Å². The van der Waals surface area contributed by atoms with Crippen LogP contribution in [0.1, 0.15) is 24.8 Å². The fourth-order valence-electron chi connectivity index (χ4n) is 2.03. The molecule has 0 radical (unpaired) electrons. The van der Waals surface area contributed by atoms with Crippen molar-refractivity contribution in [3.8, 4) is 0 Å². The number of nitrogens with zero attached hydrogens (tertiary/aromatic N) is 1. The maximum absolute atomic E-state index is 11.9. The Balaban J connectivity index is 1.85. The summed E-state index contributed by atoms with van der Waals surface area (Å²) < 4.78 is 5.28. The molecule has 98 valence electrons. The number of ether oxygens (including phenoxy) is 1. The van der Waals surface area contributed by atoms with E-state index in [-0.39, 0.29) is 25.3 Å². The number of benzene rings is 1.